The maximum atomic E-state index is 12.7. The van der Waals surface area contributed by atoms with E-state index in [2.05, 4.69) is 30.2 Å². The lowest BCUT2D eigenvalue weighted by Crippen LogP contribution is -2.43. The van der Waals surface area contributed by atoms with Crippen molar-refractivity contribution in [3.05, 3.63) is 45.4 Å². The molecule has 0 spiro atoms. The van der Waals surface area contributed by atoms with E-state index in [1.54, 1.807) is 18.5 Å². The maximum absolute atomic E-state index is 12.7. The highest BCUT2D eigenvalue weighted by Gasteiger charge is 2.28. The summed E-state index contributed by atoms with van der Waals surface area (Å²) in [6.07, 6.45) is 3.24. The van der Waals surface area contributed by atoms with Crippen LogP contribution in [0.3, 0.4) is 0 Å². The van der Waals surface area contributed by atoms with Gasteiger partial charge in [-0.2, -0.15) is 9.97 Å². The molecule has 1 aliphatic rings. The third-order valence-corrected chi connectivity index (χ3v) is 5.56. The van der Waals surface area contributed by atoms with Gasteiger partial charge in [0.2, 0.25) is 11.2 Å². The van der Waals surface area contributed by atoms with Crippen LogP contribution in [0.5, 0.6) is 0 Å². The summed E-state index contributed by atoms with van der Waals surface area (Å²) in [6.45, 7) is 1.69. The third kappa shape index (κ3) is 4.01. The third-order valence-electron chi connectivity index (χ3n) is 4.80. The number of H-pyrrole nitrogens is 1. The molecule has 10 heteroatoms. The van der Waals surface area contributed by atoms with Crippen LogP contribution in [-0.4, -0.2) is 38.9 Å². The highest BCUT2D eigenvalue weighted by atomic mass is 35.5. The number of carbonyl (C=O) groups excluding carboxylic acids is 1. The number of fused-ring (bicyclic) bond motifs is 1. The molecule has 28 heavy (non-hydrogen) atoms. The fourth-order valence-electron chi connectivity index (χ4n) is 3.40. The van der Waals surface area contributed by atoms with E-state index >= 15 is 0 Å². The van der Waals surface area contributed by atoms with Crippen LogP contribution in [0.4, 0.5) is 5.82 Å². The van der Waals surface area contributed by atoms with Crippen LogP contribution < -0.4 is 10.2 Å². The van der Waals surface area contributed by atoms with Crippen LogP contribution in [-0.2, 0) is 11.3 Å². The molecule has 0 bridgehead atoms. The minimum absolute atomic E-state index is 0.0169. The van der Waals surface area contributed by atoms with Crippen molar-refractivity contribution in [1.82, 2.24) is 25.3 Å². The van der Waals surface area contributed by atoms with Crippen molar-refractivity contribution >= 4 is 57.7 Å². The van der Waals surface area contributed by atoms with Gasteiger partial charge in [0.15, 0.2) is 11.5 Å². The van der Waals surface area contributed by atoms with Gasteiger partial charge in [-0.3, -0.25) is 4.79 Å². The quantitative estimate of drug-likeness (QED) is 0.603. The number of halogens is 3. The Labute approximate surface area is 176 Å². The molecule has 1 fully saturated rings. The largest absolute Gasteiger partial charge is 0.354 e. The standard InChI is InChI=1S/C18H17Cl3N6O/c19-12-4-3-10(13(20)6-12)7-22-17(28)11-2-1-5-27(8-11)16-14-15(24-9-23-14)25-18(21)26-16/h3-4,6,9,11H,1-2,5,7-8H2,(H,22,28)(H,23,24,25,26). The number of nitrogens with zero attached hydrogens (tertiary/aromatic N) is 4. The van der Waals surface area contributed by atoms with Crippen LogP contribution in [0.1, 0.15) is 18.4 Å². The van der Waals surface area contributed by atoms with E-state index in [1.807, 2.05) is 6.07 Å². The van der Waals surface area contributed by atoms with Crippen molar-refractivity contribution in [2.24, 2.45) is 5.92 Å². The van der Waals surface area contributed by atoms with Gasteiger partial charge in [0, 0.05) is 29.7 Å². The number of hydrogen-bond acceptors (Lipinski definition) is 5. The zero-order valence-electron chi connectivity index (χ0n) is 14.8. The molecule has 1 aliphatic heterocycles. The Balaban J connectivity index is 1.46. The Hall–Kier alpha value is -2.09. The molecular formula is C18H17Cl3N6O. The number of hydrogen-bond donors (Lipinski definition) is 2. The molecule has 3 heterocycles. The average Bonchev–Trinajstić information content (AvgIpc) is 3.15. The summed E-state index contributed by atoms with van der Waals surface area (Å²) < 4.78 is 0. The first-order chi connectivity index (χ1) is 13.5. The van der Waals surface area contributed by atoms with Crippen molar-refractivity contribution in [2.75, 3.05) is 18.0 Å². The van der Waals surface area contributed by atoms with Gasteiger partial charge >= 0.3 is 0 Å². The van der Waals surface area contributed by atoms with E-state index in [9.17, 15) is 4.79 Å². The Bertz CT molecular complexity index is 1020. The lowest BCUT2D eigenvalue weighted by atomic mass is 9.97. The lowest BCUT2D eigenvalue weighted by Gasteiger charge is -2.33. The van der Waals surface area contributed by atoms with Gasteiger partial charge in [-0.1, -0.05) is 29.3 Å². The molecule has 1 unspecified atom stereocenters. The molecule has 4 rings (SSSR count). The Morgan fingerprint density at radius 3 is 2.96 bits per heavy atom. The number of imidazole rings is 1. The van der Waals surface area contributed by atoms with Crippen molar-refractivity contribution < 1.29 is 4.79 Å². The van der Waals surface area contributed by atoms with E-state index in [-0.39, 0.29) is 17.1 Å². The van der Waals surface area contributed by atoms with E-state index in [1.165, 1.54) is 0 Å². The number of benzene rings is 1. The zero-order valence-corrected chi connectivity index (χ0v) is 17.0. The number of carbonyl (C=O) groups is 1. The molecule has 7 nitrogen and oxygen atoms in total. The molecule has 0 saturated carbocycles. The second kappa shape index (κ2) is 8.11. The molecule has 1 aromatic carbocycles. The molecule has 3 aromatic rings. The molecule has 0 aliphatic carbocycles. The summed E-state index contributed by atoms with van der Waals surface area (Å²) in [6, 6.07) is 5.24. The number of nitrogens with one attached hydrogen (secondary N) is 2. The lowest BCUT2D eigenvalue weighted by molar-refractivity contribution is -0.125. The SMILES string of the molecule is O=C(NCc1ccc(Cl)cc1Cl)C1CCCN(c2nc(Cl)nc3nc[nH]c23)C1. The summed E-state index contributed by atoms with van der Waals surface area (Å²) >= 11 is 18.1. The molecule has 2 aromatic heterocycles. The summed E-state index contributed by atoms with van der Waals surface area (Å²) in [5.74, 6) is 0.494. The zero-order chi connectivity index (χ0) is 19.7. The van der Waals surface area contributed by atoms with Gasteiger partial charge in [-0.05, 0) is 42.1 Å². The number of aromatic nitrogens is 4. The summed E-state index contributed by atoms with van der Waals surface area (Å²) in [4.78, 5) is 30.4. The van der Waals surface area contributed by atoms with Crippen LogP contribution in [0.25, 0.3) is 11.2 Å². The predicted molar refractivity (Wildman–Crippen MR) is 110 cm³/mol. The van der Waals surface area contributed by atoms with Gasteiger partial charge in [-0.15, -0.1) is 0 Å². The maximum Gasteiger partial charge on any atom is 0.226 e. The van der Waals surface area contributed by atoms with E-state index in [0.717, 1.165) is 30.5 Å². The first-order valence-electron chi connectivity index (χ1n) is 8.84. The van der Waals surface area contributed by atoms with Gasteiger partial charge in [-0.25, -0.2) is 4.98 Å². The summed E-state index contributed by atoms with van der Waals surface area (Å²) in [7, 11) is 0. The summed E-state index contributed by atoms with van der Waals surface area (Å²) in [5.41, 5.74) is 2.06. The first-order valence-corrected chi connectivity index (χ1v) is 9.98. The topological polar surface area (TPSA) is 86.8 Å². The van der Waals surface area contributed by atoms with Crippen LogP contribution in [0.15, 0.2) is 24.5 Å². The fourth-order valence-corrected chi connectivity index (χ4v) is 4.03. The highest BCUT2D eigenvalue weighted by molar-refractivity contribution is 6.35. The monoisotopic (exact) mass is 438 g/mol. The molecule has 1 amide bonds. The molecule has 1 atom stereocenters. The average molecular weight is 440 g/mol. The number of anilines is 1. The van der Waals surface area contributed by atoms with E-state index in [4.69, 9.17) is 34.8 Å². The summed E-state index contributed by atoms with van der Waals surface area (Å²) in [5, 5.41) is 4.21. The van der Waals surface area contributed by atoms with Crippen molar-refractivity contribution in [3.63, 3.8) is 0 Å². The van der Waals surface area contributed by atoms with Crippen LogP contribution >= 0.6 is 34.8 Å². The van der Waals surface area contributed by atoms with Crippen molar-refractivity contribution in [3.8, 4) is 0 Å². The second-order valence-corrected chi connectivity index (χ2v) is 7.84. The Kier molecular flexibility index (Phi) is 5.57. The van der Waals surface area contributed by atoms with Gasteiger partial charge in [0.05, 0.1) is 12.2 Å². The number of rotatable bonds is 4. The molecule has 146 valence electrons. The number of piperidine rings is 1. The van der Waals surface area contributed by atoms with Gasteiger partial charge < -0.3 is 15.2 Å². The van der Waals surface area contributed by atoms with Crippen molar-refractivity contribution in [1.29, 1.82) is 0 Å². The minimum atomic E-state index is -0.161. The Morgan fingerprint density at radius 1 is 1.29 bits per heavy atom. The van der Waals surface area contributed by atoms with Crippen LogP contribution in [0, 0.1) is 5.92 Å². The molecule has 1 saturated heterocycles. The smallest absolute Gasteiger partial charge is 0.226 e. The minimum Gasteiger partial charge on any atom is -0.354 e. The van der Waals surface area contributed by atoms with E-state index in [0.29, 0.717) is 34.6 Å². The van der Waals surface area contributed by atoms with E-state index < -0.39 is 0 Å². The highest BCUT2D eigenvalue weighted by Crippen LogP contribution is 2.28. The number of aromatic amines is 1. The number of amides is 1. The Morgan fingerprint density at radius 2 is 2.14 bits per heavy atom. The second-order valence-electron chi connectivity index (χ2n) is 6.66. The first kappa shape index (κ1) is 19.2. The molecular weight excluding hydrogens is 423 g/mol. The molecule has 0 radical (unpaired) electrons. The van der Waals surface area contributed by atoms with Crippen molar-refractivity contribution in [2.45, 2.75) is 19.4 Å². The molecule has 2 N–H and O–H groups in total. The van der Waals surface area contributed by atoms with Gasteiger partial charge in [0.1, 0.15) is 5.52 Å². The van der Waals surface area contributed by atoms with Crippen LogP contribution in [0.2, 0.25) is 15.3 Å². The predicted octanol–water partition coefficient (Wildman–Crippen LogP) is 3.85. The fraction of sp³-hybridized carbons (Fsp3) is 0.333. The normalized spacial score (nSPS) is 17.1. The van der Waals surface area contributed by atoms with Gasteiger partial charge in [0.25, 0.3) is 0 Å².